The van der Waals surface area contributed by atoms with Crippen molar-refractivity contribution in [1.29, 1.82) is 5.26 Å². The van der Waals surface area contributed by atoms with E-state index >= 15 is 0 Å². The van der Waals surface area contributed by atoms with Gasteiger partial charge in [0, 0.05) is 17.5 Å². The summed E-state index contributed by atoms with van der Waals surface area (Å²) in [5.74, 6) is -1.03. The van der Waals surface area contributed by atoms with E-state index in [2.05, 4.69) is 0 Å². The molecule has 0 aromatic heterocycles. The van der Waals surface area contributed by atoms with Crippen LogP contribution in [0.25, 0.3) is 0 Å². The fraction of sp³-hybridized carbons (Fsp3) is 0.273. The molecule has 0 N–H and O–H groups in total. The molecule has 0 heterocycles. The molecule has 0 saturated carbocycles. The molecule has 1 aromatic carbocycles. The molecule has 0 fully saturated rings. The minimum atomic E-state index is -0.850. The van der Waals surface area contributed by atoms with Crippen LogP contribution >= 0.6 is 11.6 Å². The molecule has 0 aliphatic heterocycles. The Morgan fingerprint density at radius 2 is 2.28 bits per heavy atom. The van der Waals surface area contributed by atoms with Gasteiger partial charge in [0.25, 0.3) is 5.69 Å². The molecule has 0 saturated heterocycles. The van der Waals surface area contributed by atoms with Crippen LogP contribution in [0, 0.1) is 21.4 Å². The topological polar surface area (TPSA) is 93.2 Å². The first-order valence-corrected chi connectivity index (χ1v) is 5.53. The Morgan fingerprint density at radius 1 is 1.61 bits per heavy atom. The number of nitriles is 1. The van der Waals surface area contributed by atoms with Gasteiger partial charge in [0.2, 0.25) is 0 Å². The van der Waals surface area contributed by atoms with Gasteiger partial charge in [0.05, 0.1) is 23.2 Å². The maximum atomic E-state index is 11.7. The molecule has 6 nitrogen and oxygen atoms in total. The monoisotopic (exact) mass is 268 g/mol. The number of nitro benzene ring substituents is 1. The van der Waals surface area contributed by atoms with Crippen LogP contribution in [-0.4, -0.2) is 17.5 Å². The molecule has 0 spiro atoms. The van der Waals surface area contributed by atoms with E-state index in [1.54, 1.807) is 6.92 Å². The first-order valence-electron chi connectivity index (χ1n) is 5.00. The van der Waals surface area contributed by atoms with Crippen molar-refractivity contribution in [2.45, 2.75) is 12.8 Å². The van der Waals surface area contributed by atoms with Crippen LogP contribution < -0.4 is 0 Å². The molecule has 0 aliphatic rings. The number of carbonyl (C=O) groups is 1. The molecule has 0 bridgehead atoms. The van der Waals surface area contributed by atoms with Crippen molar-refractivity contribution < 1.29 is 14.5 Å². The van der Waals surface area contributed by atoms with Crippen molar-refractivity contribution in [2.24, 2.45) is 0 Å². The lowest BCUT2D eigenvalue weighted by molar-refractivity contribution is -0.385. The Hall–Kier alpha value is -2.13. The SMILES string of the molecule is CCOC(=O)c1c([N+](=O)[O-])ccc(C#N)c1CCl. The number of rotatable bonds is 4. The summed E-state index contributed by atoms with van der Waals surface area (Å²) in [5.41, 5.74) is -0.426. The summed E-state index contributed by atoms with van der Waals surface area (Å²) in [5, 5.41) is 19.8. The molecule has 0 atom stereocenters. The quantitative estimate of drug-likeness (QED) is 0.362. The fourth-order valence-corrected chi connectivity index (χ4v) is 1.74. The summed E-state index contributed by atoms with van der Waals surface area (Å²) in [6.45, 7) is 1.66. The lowest BCUT2D eigenvalue weighted by Crippen LogP contribution is -2.12. The smallest absolute Gasteiger partial charge is 0.345 e. The first kappa shape index (κ1) is 13.9. The van der Waals surface area contributed by atoms with Gasteiger partial charge >= 0.3 is 5.97 Å². The second-order valence-corrected chi connectivity index (χ2v) is 3.48. The largest absolute Gasteiger partial charge is 0.462 e. The van der Waals surface area contributed by atoms with Crippen LogP contribution in [0.15, 0.2) is 12.1 Å². The van der Waals surface area contributed by atoms with E-state index < -0.39 is 16.6 Å². The lowest BCUT2D eigenvalue weighted by Gasteiger charge is -2.08. The number of ether oxygens (including phenoxy) is 1. The van der Waals surface area contributed by atoms with Crippen LogP contribution in [0.5, 0.6) is 0 Å². The number of nitro groups is 1. The Morgan fingerprint density at radius 3 is 2.72 bits per heavy atom. The van der Waals surface area contributed by atoms with Gasteiger partial charge in [-0.3, -0.25) is 10.1 Å². The van der Waals surface area contributed by atoms with Crippen molar-refractivity contribution in [3.05, 3.63) is 38.9 Å². The number of halogens is 1. The molecule has 7 heteroatoms. The molecule has 1 aromatic rings. The van der Waals surface area contributed by atoms with Gasteiger partial charge in [-0.1, -0.05) is 0 Å². The van der Waals surface area contributed by atoms with Crippen molar-refractivity contribution in [3.8, 4) is 6.07 Å². The summed E-state index contributed by atoms with van der Waals surface area (Å²) in [4.78, 5) is 21.9. The molecular weight excluding hydrogens is 260 g/mol. The Labute approximate surface area is 108 Å². The molecule has 1 rings (SSSR count). The number of hydrogen-bond donors (Lipinski definition) is 0. The number of hydrogen-bond acceptors (Lipinski definition) is 5. The summed E-state index contributed by atoms with van der Waals surface area (Å²) in [7, 11) is 0. The normalized spacial score (nSPS) is 9.61. The second kappa shape index (κ2) is 5.98. The van der Waals surface area contributed by atoms with Crippen molar-refractivity contribution in [2.75, 3.05) is 6.61 Å². The predicted octanol–water partition coefficient (Wildman–Crippen LogP) is 2.38. The van der Waals surface area contributed by atoms with Crippen molar-refractivity contribution >= 4 is 23.3 Å². The molecule has 18 heavy (non-hydrogen) atoms. The number of nitrogens with zero attached hydrogens (tertiary/aromatic N) is 2. The average Bonchev–Trinajstić information content (AvgIpc) is 2.36. The summed E-state index contributed by atoms with van der Waals surface area (Å²) < 4.78 is 4.75. The van der Waals surface area contributed by atoms with E-state index in [1.165, 1.54) is 6.07 Å². The zero-order valence-corrected chi connectivity index (χ0v) is 10.2. The summed E-state index contributed by atoms with van der Waals surface area (Å²) in [6, 6.07) is 4.20. The van der Waals surface area contributed by atoms with Crippen molar-refractivity contribution in [1.82, 2.24) is 0 Å². The maximum absolute atomic E-state index is 11.7. The Balaban J connectivity index is 3.54. The lowest BCUT2D eigenvalue weighted by atomic mass is 10.0. The molecule has 0 aliphatic carbocycles. The molecule has 0 unspecified atom stereocenters. The van der Waals surface area contributed by atoms with Crippen LogP contribution in [0.4, 0.5) is 5.69 Å². The van der Waals surface area contributed by atoms with E-state index in [4.69, 9.17) is 21.6 Å². The van der Waals surface area contributed by atoms with Gasteiger partial charge < -0.3 is 4.74 Å². The molecule has 0 amide bonds. The highest BCUT2D eigenvalue weighted by Crippen LogP contribution is 2.27. The minimum absolute atomic E-state index is 0.0779. The van der Waals surface area contributed by atoms with Crippen LogP contribution in [0.3, 0.4) is 0 Å². The number of benzene rings is 1. The second-order valence-electron chi connectivity index (χ2n) is 3.21. The molecule has 0 radical (unpaired) electrons. The number of carbonyl (C=O) groups excluding carboxylic acids is 1. The van der Waals surface area contributed by atoms with Crippen molar-refractivity contribution in [3.63, 3.8) is 0 Å². The predicted molar refractivity (Wildman–Crippen MR) is 63.3 cm³/mol. The van der Waals surface area contributed by atoms with Crippen LogP contribution in [0.1, 0.15) is 28.4 Å². The highest BCUT2D eigenvalue weighted by molar-refractivity contribution is 6.18. The standard InChI is InChI=1S/C11H9ClN2O4/c1-2-18-11(15)10-8(5-12)7(6-13)3-4-9(10)14(16)17/h3-4H,2,5H2,1H3. The fourth-order valence-electron chi connectivity index (χ4n) is 1.46. The van der Waals surface area contributed by atoms with E-state index in [0.29, 0.717) is 0 Å². The van der Waals surface area contributed by atoms with Crippen LogP contribution in [-0.2, 0) is 10.6 Å². The maximum Gasteiger partial charge on any atom is 0.345 e. The highest BCUT2D eigenvalue weighted by Gasteiger charge is 2.27. The first-order chi connectivity index (χ1) is 8.56. The van der Waals surface area contributed by atoms with Gasteiger partial charge in [-0.25, -0.2) is 4.79 Å². The van der Waals surface area contributed by atoms with Gasteiger partial charge in [-0.15, -0.1) is 11.6 Å². The van der Waals surface area contributed by atoms with E-state index in [-0.39, 0.29) is 29.2 Å². The van der Waals surface area contributed by atoms with Gasteiger partial charge in [0.15, 0.2) is 0 Å². The van der Waals surface area contributed by atoms with Gasteiger partial charge in [-0.05, 0) is 13.0 Å². The average molecular weight is 269 g/mol. The third-order valence-electron chi connectivity index (χ3n) is 2.22. The highest BCUT2D eigenvalue weighted by atomic mass is 35.5. The Kier molecular flexibility index (Phi) is 4.63. The zero-order valence-electron chi connectivity index (χ0n) is 9.47. The summed E-state index contributed by atoms with van der Waals surface area (Å²) >= 11 is 5.66. The molecule has 94 valence electrons. The Bertz CT molecular complexity index is 537. The summed E-state index contributed by atoms with van der Waals surface area (Å²) in [6.07, 6.45) is 0. The molecular formula is C11H9ClN2O4. The van der Waals surface area contributed by atoms with Gasteiger partial charge in [0.1, 0.15) is 5.56 Å². The van der Waals surface area contributed by atoms with Crippen LogP contribution in [0.2, 0.25) is 0 Å². The third-order valence-corrected chi connectivity index (χ3v) is 2.49. The zero-order chi connectivity index (χ0) is 13.7. The van der Waals surface area contributed by atoms with E-state index in [9.17, 15) is 14.9 Å². The number of alkyl halides is 1. The minimum Gasteiger partial charge on any atom is -0.462 e. The van der Waals surface area contributed by atoms with E-state index in [0.717, 1.165) is 6.07 Å². The number of esters is 1. The third kappa shape index (κ3) is 2.57. The van der Waals surface area contributed by atoms with Gasteiger partial charge in [-0.2, -0.15) is 5.26 Å². The van der Waals surface area contributed by atoms with E-state index in [1.807, 2.05) is 6.07 Å².